The van der Waals surface area contributed by atoms with Gasteiger partial charge in [0.15, 0.2) is 0 Å². The van der Waals surface area contributed by atoms with Crippen LogP contribution in [-0.2, 0) is 11.3 Å². The fraction of sp³-hybridized carbons (Fsp3) is 0.278. The van der Waals surface area contributed by atoms with Gasteiger partial charge in [0.05, 0.1) is 6.54 Å². The average molecular weight is 334 g/mol. The number of hydrogen-bond donors (Lipinski definition) is 1. The molecule has 2 aromatic carbocycles. The molecular weight excluding hydrogens is 317 g/mol. The van der Waals surface area contributed by atoms with Crippen LogP contribution in [-0.4, -0.2) is 23.4 Å². The molecule has 0 unspecified atom stereocenters. The number of amides is 1. The third-order valence-corrected chi connectivity index (χ3v) is 3.97. The Kier molecular flexibility index (Phi) is 4.85. The number of hydrogen-bond acceptors (Lipinski definition) is 2. The smallest absolute Gasteiger partial charge is 0.238 e. The first-order valence-corrected chi connectivity index (χ1v) is 7.76. The van der Waals surface area contributed by atoms with Crippen LogP contribution < -0.4 is 5.32 Å². The van der Waals surface area contributed by atoms with Gasteiger partial charge in [-0.05, 0) is 31.0 Å². The maximum Gasteiger partial charge on any atom is 0.238 e. The van der Waals surface area contributed by atoms with Gasteiger partial charge in [0.2, 0.25) is 5.91 Å². The zero-order valence-electron chi connectivity index (χ0n) is 12.9. The number of nitrogens with zero attached hydrogens (tertiary/aromatic N) is 1. The maximum absolute atomic E-state index is 13.8. The number of nitrogens with one attached hydrogen (secondary N) is 1. The van der Waals surface area contributed by atoms with Crippen molar-refractivity contribution in [2.24, 2.45) is 0 Å². The predicted octanol–water partition coefficient (Wildman–Crippen LogP) is 3.71. The summed E-state index contributed by atoms with van der Waals surface area (Å²) in [5.74, 6) is -2.50. The minimum absolute atomic E-state index is 0.0488. The summed E-state index contributed by atoms with van der Waals surface area (Å²) >= 11 is 0. The van der Waals surface area contributed by atoms with Crippen molar-refractivity contribution in [3.63, 3.8) is 0 Å². The van der Waals surface area contributed by atoms with Crippen molar-refractivity contribution in [2.45, 2.75) is 25.4 Å². The van der Waals surface area contributed by atoms with Crippen molar-refractivity contribution in [3.8, 4) is 0 Å². The third kappa shape index (κ3) is 3.94. The molecule has 126 valence electrons. The van der Waals surface area contributed by atoms with Gasteiger partial charge in [0.1, 0.15) is 23.1 Å². The summed E-state index contributed by atoms with van der Waals surface area (Å²) in [7, 11) is 0. The van der Waals surface area contributed by atoms with Crippen LogP contribution in [0.15, 0.2) is 42.5 Å². The van der Waals surface area contributed by atoms with Crippen molar-refractivity contribution < 1.29 is 18.0 Å². The molecule has 0 atom stereocenters. The van der Waals surface area contributed by atoms with E-state index in [2.05, 4.69) is 5.32 Å². The van der Waals surface area contributed by atoms with Crippen molar-refractivity contribution >= 4 is 11.6 Å². The number of para-hydroxylation sites is 1. The summed E-state index contributed by atoms with van der Waals surface area (Å²) < 4.78 is 41.0. The maximum atomic E-state index is 13.8. The van der Waals surface area contributed by atoms with Crippen LogP contribution in [0.25, 0.3) is 0 Å². The molecular formula is C18H17F3N2O. The van der Waals surface area contributed by atoms with E-state index in [1.54, 1.807) is 18.2 Å². The van der Waals surface area contributed by atoms with Gasteiger partial charge in [-0.3, -0.25) is 9.69 Å². The molecule has 1 N–H and O–H groups in total. The molecule has 3 rings (SSSR count). The molecule has 1 saturated carbocycles. The molecule has 0 bridgehead atoms. The van der Waals surface area contributed by atoms with E-state index in [0.717, 1.165) is 25.0 Å². The monoisotopic (exact) mass is 334 g/mol. The highest BCUT2D eigenvalue weighted by atomic mass is 19.1. The molecule has 1 amide bonds. The van der Waals surface area contributed by atoms with Crippen LogP contribution in [0.2, 0.25) is 0 Å². The summed E-state index contributed by atoms with van der Waals surface area (Å²) in [6, 6.07) is 9.96. The number of halogens is 3. The van der Waals surface area contributed by atoms with Gasteiger partial charge in [-0.15, -0.1) is 0 Å². The second kappa shape index (κ2) is 7.05. The van der Waals surface area contributed by atoms with Gasteiger partial charge in [0, 0.05) is 18.2 Å². The molecule has 0 saturated heterocycles. The molecule has 0 heterocycles. The SMILES string of the molecule is O=C(CN(Cc1ccccc1F)C1CC1)Nc1c(F)cccc1F. The topological polar surface area (TPSA) is 32.3 Å². The number of rotatable bonds is 6. The van der Waals surface area contributed by atoms with Crippen molar-refractivity contribution in [1.29, 1.82) is 0 Å². The second-order valence-electron chi connectivity index (χ2n) is 5.87. The van der Waals surface area contributed by atoms with Crippen LogP contribution in [0.1, 0.15) is 18.4 Å². The van der Waals surface area contributed by atoms with E-state index < -0.39 is 23.2 Å². The second-order valence-corrected chi connectivity index (χ2v) is 5.87. The fourth-order valence-corrected chi connectivity index (χ4v) is 2.58. The van der Waals surface area contributed by atoms with E-state index in [0.29, 0.717) is 5.56 Å². The molecule has 24 heavy (non-hydrogen) atoms. The molecule has 0 aromatic heterocycles. The molecule has 6 heteroatoms. The zero-order valence-corrected chi connectivity index (χ0v) is 12.9. The average Bonchev–Trinajstić information content (AvgIpc) is 3.37. The standard InChI is InChI=1S/C18H17F3N2O/c19-14-5-2-1-4-12(14)10-23(13-8-9-13)11-17(24)22-18-15(20)6-3-7-16(18)21/h1-7,13H,8-11H2,(H,22,24). The molecule has 3 nitrogen and oxygen atoms in total. The van der Waals surface area contributed by atoms with Crippen LogP contribution >= 0.6 is 0 Å². The fourth-order valence-electron chi connectivity index (χ4n) is 2.58. The Morgan fingerprint density at radius 1 is 1.00 bits per heavy atom. The first-order valence-electron chi connectivity index (χ1n) is 7.76. The summed E-state index contributed by atoms with van der Waals surface area (Å²) in [5, 5.41) is 2.27. The lowest BCUT2D eigenvalue weighted by Gasteiger charge is -2.22. The Hall–Kier alpha value is -2.34. The van der Waals surface area contributed by atoms with Crippen molar-refractivity contribution in [1.82, 2.24) is 4.90 Å². The van der Waals surface area contributed by atoms with Gasteiger partial charge >= 0.3 is 0 Å². The largest absolute Gasteiger partial charge is 0.320 e. The van der Waals surface area contributed by atoms with Gasteiger partial charge in [0.25, 0.3) is 0 Å². The molecule has 2 aromatic rings. The first kappa shape index (κ1) is 16.5. The van der Waals surface area contributed by atoms with E-state index >= 15 is 0 Å². The van der Waals surface area contributed by atoms with Gasteiger partial charge in [-0.1, -0.05) is 24.3 Å². The lowest BCUT2D eigenvalue weighted by atomic mass is 10.2. The van der Waals surface area contributed by atoms with Crippen LogP contribution in [0.4, 0.5) is 18.9 Å². The highest BCUT2D eigenvalue weighted by Crippen LogP contribution is 2.28. The Morgan fingerprint density at radius 2 is 1.62 bits per heavy atom. The summed E-state index contributed by atoms with van der Waals surface area (Å²) in [5.41, 5.74) is 0.0402. The summed E-state index contributed by atoms with van der Waals surface area (Å²) in [6.45, 7) is 0.233. The number of anilines is 1. The van der Waals surface area contributed by atoms with Crippen molar-refractivity contribution in [3.05, 3.63) is 65.5 Å². The predicted molar refractivity (Wildman–Crippen MR) is 84.8 cm³/mol. The number of carbonyl (C=O) groups is 1. The number of benzene rings is 2. The van der Waals surface area contributed by atoms with E-state index in [-0.39, 0.29) is 24.9 Å². The Morgan fingerprint density at radius 3 is 2.25 bits per heavy atom. The molecule has 1 aliphatic rings. The normalized spacial score (nSPS) is 14.0. The van der Waals surface area contributed by atoms with Crippen molar-refractivity contribution in [2.75, 3.05) is 11.9 Å². The van der Waals surface area contributed by atoms with Crippen LogP contribution in [0, 0.1) is 17.5 Å². The highest BCUT2D eigenvalue weighted by molar-refractivity contribution is 5.92. The minimum atomic E-state index is -0.824. The Labute approximate surface area is 138 Å². The third-order valence-electron chi connectivity index (χ3n) is 3.97. The van der Waals surface area contributed by atoms with Gasteiger partial charge in [-0.2, -0.15) is 0 Å². The van der Waals surface area contributed by atoms with Crippen LogP contribution in [0.5, 0.6) is 0 Å². The first-order chi connectivity index (χ1) is 11.5. The molecule has 0 aliphatic heterocycles. The molecule has 1 fully saturated rings. The van der Waals surface area contributed by atoms with E-state index in [1.807, 2.05) is 4.90 Å². The van der Waals surface area contributed by atoms with Gasteiger partial charge < -0.3 is 5.32 Å². The quantitative estimate of drug-likeness (QED) is 0.873. The van der Waals surface area contributed by atoms with E-state index in [9.17, 15) is 18.0 Å². The Balaban J connectivity index is 1.68. The van der Waals surface area contributed by atoms with E-state index in [1.165, 1.54) is 12.1 Å². The lowest BCUT2D eigenvalue weighted by Crippen LogP contribution is -2.35. The molecule has 0 radical (unpaired) electrons. The zero-order chi connectivity index (χ0) is 17.1. The minimum Gasteiger partial charge on any atom is -0.320 e. The van der Waals surface area contributed by atoms with Crippen LogP contribution in [0.3, 0.4) is 0 Å². The highest BCUT2D eigenvalue weighted by Gasteiger charge is 2.31. The van der Waals surface area contributed by atoms with E-state index in [4.69, 9.17) is 0 Å². The molecule has 0 spiro atoms. The lowest BCUT2D eigenvalue weighted by molar-refractivity contribution is -0.117. The Bertz CT molecular complexity index is 727. The molecule has 1 aliphatic carbocycles. The summed E-state index contributed by atoms with van der Waals surface area (Å²) in [4.78, 5) is 14.0. The van der Waals surface area contributed by atoms with Gasteiger partial charge in [-0.25, -0.2) is 13.2 Å². The summed E-state index contributed by atoms with van der Waals surface area (Å²) in [6.07, 6.45) is 1.85. The number of carbonyl (C=O) groups excluding carboxylic acids is 1.